The van der Waals surface area contributed by atoms with Crippen LogP contribution in [0.1, 0.15) is 30.9 Å². The molecule has 3 rings (SSSR count). The first kappa shape index (κ1) is 19.7. The van der Waals surface area contributed by atoms with Gasteiger partial charge in [0, 0.05) is 19.2 Å². The Kier molecular flexibility index (Phi) is 6.48. The lowest BCUT2D eigenvalue weighted by Gasteiger charge is -2.23. The molecule has 1 aliphatic heterocycles. The molecule has 0 aromatic heterocycles. The number of carbonyl (C=O) groups excluding carboxylic acids is 2. The van der Waals surface area contributed by atoms with Gasteiger partial charge in [-0.05, 0) is 48.6 Å². The van der Waals surface area contributed by atoms with E-state index >= 15 is 0 Å². The number of carbonyl (C=O) groups is 2. The highest BCUT2D eigenvalue weighted by Gasteiger charge is 2.33. The summed E-state index contributed by atoms with van der Waals surface area (Å²) in [5.74, 6) is 0.563. The number of allylic oxidation sites excluding steroid dienone is 1. The molecule has 0 spiro atoms. The molecule has 1 atom stereocenters. The Labute approximate surface area is 166 Å². The third kappa shape index (κ3) is 4.80. The predicted octanol–water partition coefficient (Wildman–Crippen LogP) is 3.41. The molecule has 2 aromatic rings. The molecular weight excluding hydrogens is 352 g/mol. The molecule has 28 heavy (non-hydrogen) atoms. The van der Waals surface area contributed by atoms with E-state index in [1.807, 2.05) is 61.5 Å². The molecule has 0 aliphatic carbocycles. The maximum atomic E-state index is 12.8. The van der Waals surface area contributed by atoms with Gasteiger partial charge in [-0.1, -0.05) is 42.5 Å². The molecule has 146 valence electrons. The van der Waals surface area contributed by atoms with Gasteiger partial charge in [0.05, 0.1) is 7.11 Å². The Hall–Kier alpha value is -3.08. The van der Waals surface area contributed by atoms with E-state index < -0.39 is 6.04 Å². The van der Waals surface area contributed by atoms with Crippen molar-refractivity contribution in [1.29, 1.82) is 0 Å². The van der Waals surface area contributed by atoms with Crippen LogP contribution in [0.2, 0.25) is 0 Å². The summed E-state index contributed by atoms with van der Waals surface area (Å²) in [4.78, 5) is 27.1. The zero-order chi connectivity index (χ0) is 19.9. The number of rotatable bonds is 6. The summed E-state index contributed by atoms with van der Waals surface area (Å²) < 4.78 is 5.17. The second kappa shape index (κ2) is 9.22. The van der Waals surface area contributed by atoms with E-state index in [-0.39, 0.29) is 11.8 Å². The molecule has 1 saturated heterocycles. The van der Waals surface area contributed by atoms with Crippen molar-refractivity contribution in [2.24, 2.45) is 0 Å². The molecule has 2 amide bonds. The monoisotopic (exact) mass is 378 g/mol. The van der Waals surface area contributed by atoms with E-state index in [9.17, 15) is 9.59 Å². The van der Waals surface area contributed by atoms with Crippen LogP contribution in [0.4, 0.5) is 0 Å². The second-order valence-electron chi connectivity index (χ2n) is 6.95. The lowest BCUT2D eigenvalue weighted by molar-refractivity contribution is -0.135. The third-order valence-corrected chi connectivity index (χ3v) is 5.03. The van der Waals surface area contributed by atoms with Gasteiger partial charge in [0.2, 0.25) is 11.8 Å². The highest BCUT2D eigenvalue weighted by atomic mass is 16.5. The van der Waals surface area contributed by atoms with E-state index in [4.69, 9.17) is 4.74 Å². The highest BCUT2D eigenvalue weighted by Crippen LogP contribution is 2.22. The largest absolute Gasteiger partial charge is 0.497 e. The first-order chi connectivity index (χ1) is 13.6. The van der Waals surface area contributed by atoms with Crippen LogP contribution >= 0.6 is 0 Å². The normalized spacial score (nSPS) is 16.7. The molecule has 0 bridgehead atoms. The number of ether oxygens (including phenoxy) is 1. The average molecular weight is 378 g/mol. The van der Waals surface area contributed by atoms with E-state index in [2.05, 4.69) is 5.32 Å². The van der Waals surface area contributed by atoms with Crippen molar-refractivity contribution in [2.45, 2.75) is 32.4 Å². The fraction of sp³-hybridized carbons (Fsp3) is 0.304. The summed E-state index contributed by atoms with van der Waals surface area (Å²) in [5, 5.41) is 2.96. The smallest absolute Gasteiger partial charge is 0.247 e. The van der Waals surface area contributed by atoms with E-state index in [0.717, 1.165) is 28.9 Å². The molecule has 1 N–H and O–H groups in total. The first-order valence-corrected chi connectivity index (χ1v) is 9.53. The molecule has 1 aliphatic rings. The number of nitrogens with one attached hydrogen (secondary N) is 1. The molecule has 1 fully saturated rings. The Morgan fingerprint density at radius 1 is 1.14 bits per heavy atom. The summed E-state index contributed by atoms with van der Waals surface area (Å²) in [6, 6.07) is 16.9. The molecular formula is C23H26N2O3. The van der Waals surface area contributed by atoms with Crippen LogP contribution in [0.5, 0.6) is 5.75 Å². The van der Waals surface area contributed by atoms with Crippen LogP contribution in [0.15, 0.2) is 60.7 Å². The van der Waals surface area contributed by atoms with Crippen LogP contribution in [-0.2, 0) is 16.1 Å². The van der Waals surface area contributed by atoms with Crippen LogP contribution in [0, 0.1) is 0 Å². The summed E-state index contributed by atoms with van der Waals surface area (Å²) in [7, 11) is 1.62. The molecule has 1 heterocycles. The van der Waals surface area contributed by atoms with Gasteiger partial charge in [-0.25, -0.2) is 0 Å². The zero-order valence-electron chi connectivity index (χ0n) is 16.4. The molecule has 0 saturated carbocycles. The summed E-state index contributed by atoms with van der Waals surface area (Å²) in [6.45, 7) is 2.98. The second-order valence-corrected chi connectivity index (χ2v) is 6.95. The maximum Gasteiger partial charge on any atom is 0.247 e. The number of nitrogens with zero attached hydrogens (tertiary/aromatic N) is 1. The van der Waals surface area contributed by atoms with Gasteiger partial charge in [0.25, 0.3) is 0 Å². The Balaban J connectivity index is 1.63. The lowest BCUT2D eigenvalue weighted by atomic mass is 10.1. The number of methoxy groups -OCH3 is 1. The third-order valence-electron chi connectivity index (χ3n) is 5.03. The van der Waals surface area contributed by atoms with E-state index in [1.165, 1.54) is 0 Å². The Bertz CT molecular complexity index is 844. The van der Waals surface area contributed by atoms with Gasteiger partial charge in [-0.2, -0.15) is 0 Å². The fourth-order valence-electron chi connectivity index (χ4n) is 3.41. The number of hydrogen-bond donors (Lipinski definition) is 1. The van der Waals surface area contributed by atoms with Crippen molar-refractivity contribution >= 4 is 17.4 Å². The van der Waals surface area contributed by atoms with E-state index in [1.54, 1.807) is 18.1 Å². The van der Waals surface area contributed by atoms with Crippen molar-refractivity contribution in [3.63, 3.8) is 0 Å². The molecule has 0 unspecified atom stereocenters. The number of amides is 2. The van der Waals surface area contributed by atoms with Crippen LogP contribution < -0.4 is 10.1 Å². The van der Waals surface area contributed by atoms with Crippen molar-refractivity contribution in [1.82, 2.24) is 10.2 Å². The van der Waals surface area contributed by atoms with Crippen LogP contribution in [0.3, 0.4) is 0 Å². The standard InChI is InChI=1S/C23H26N2O3/c1-17(19-10-12-20(28-2)13-11-19)15-22(26)25-14-6-9-21(25)23(27)24-16-18-7-4-3-5-8-18/h3-5,7-8,10-13,15,21H,6,9,14,16H2,1-2H3,(H,24,27)/b17-15+/t21-/m0/s1. The number of hydrogen-bond acceptors (Lipinski definition) is 3. The Morgan fingerprint density at radius 3 is 2.54 bits per heavy atom. The van der Waals surface area contributed by atoms with Gasteiger partial charge in [0.1, 0.15) is 11.8 Å². The van der Waals surface area contributed by atoms with Crippen LogP contribution in [0.25, 0.3) is 5.57 Å². The van der Waals surface area contributed by atoms with Gasteiger partial charge in [-0.3, -0.25) is 9.59 Å². The van der Waals surface area contributed by atoms with E-state index in [0.29, 0.717) is 19.5 Å². The van der Waals surface area contributed by atoms with Crippen molar-refractivity contribution in [2.75, 3.05) is 13.7 Å². The minimum atomic E-state index is -0.406. The minimum Gasteiger partial charge on any atom is -0.497 e. The summed E-state index contributed by atoms with van der Waals surface area (Å²) >= 11 is 0. The molecule has 0 radical (unpaired) electrons. The Morgan fingerprint density at radius 2 is 1.86 bits per heavy atom. The highest BCUT2D eigenvalue weighted by molar-refractivity contribution is 5.98. The van der Waals surface area contributed by atoms with Crippen LogP contribution in [-0.4, -0.2) is 36.4 Å². The van der Waals surface area contributed by atoms with Gasteiger partial charge in [0.15, 0.2) is 0 Å². The average Bonchev–Trinajstić information content (AvgIpc) is 3.23. The zero-order valence-corrected chi connectivity index (χ0v) is 16.4. The molecule has 5 heteroatoms. The molecule has 2 aromatic carbocycles. The van der Waals surface area contributed by atoms with Crippen molar-refractivity contribution < 1.29 is 14.3 Å². The van der Waals surface area contributed by atoms with Gasteiger partial charge >= 0.3 is 0 Å². The van der Waals surface area contributed by atoms with Gasteiger partial charge in [-0.15, -0.1) is 0 Å². The quantitative estimate of drug-likeness (QED) is 0.784. The number of benzene rings is 2. The fourth-order valence-corrected chi connectivity index (χ4v) is 3.41. The molecule has 5 nitrogen and oxygen atoms in total. The predicted molar refractivity (Wildman–Crippen MR) is 110 cm³/mol. The maximum absolute atomic E-state index is 12.8. The lowest BCUT2D eigenvalue weighted by Crippen LogP contribution is -2.45. The summed E-state index contributed by atoms with van der Waals surface area (Å²) in [5.41, 5.74) is 2.86. The first-order valence-electron chi connectivity index (χ1n) is 9.53. The topological polar surface area (TPSA) is 58.6 Å². The van der Waals surface area contributed by atoms with Crippen molar-refractivity contribution in [3.05, 3.63) is 71.8 Å². The summed E-state index contributed by atoms with van der Waals surface area (Å²) in [6.07, 6.45) is 3.15. The SMILES string of the molecule is COc1ccc(/C(C)=C/C(=O)N2CCC[C@H]2C(=O)NCc2ccccc2)cc1. The number of likely N-dealkylation sites (tertiary alicyclic amines) is 1. The minimum absolute atomic E-state index is 0.0924. The van der Waals surface area contributed by atoms with Crippen molar-refractivity contribution in [3.8, 4) is 5.75 Å². The van der Waals surface area contributed by atoms with Gasteiger partial charge < -0.3 is 15.0 Å².